The molecule has 1 aliphatic heterocycles. The Morgan fingerprint density at radius 3 is 2.65 bits per heavy atom. The monoisotopic (exact) mass is 372 g/mol. The van der Waals surface area contributed by atoms with Crippen LogP contribution in [0, 0.1) is 5.92 Å². The molecule has 0 spiro atoms. The van der Waals surface area contributed by atoms with Gasteiger partial charge in [-0.3, -0.25) is 14.8 Å². The molecule has 1 aromatic carbocycles. The van der Waals surface area contributed by atoms with Crippen LogP contribution in [0.2, 0.25) is 0 Å². The van der Waals surface area contributed by atoms with E-state index in [1.165, 1.54) is 17.4 Å². The van der Waals surface area contributed by atoms with Crippen LogP contribution in [-0.2, 0) is 9.59 Å². The molecule has 136 valence electrons. The summed E-state index contributed by atoms with van der Waals surface area (Å²) in [6, 6.07) is 7.49. The first-order valence-electron chi connectivity index (χ1n) is 8.35. The first-order valence-corrected chi connectivity index (χ1v) is 9.23. The number of carbonyl (C=O) groups excluding carboxylic acids is 2. The van der Waals surface area contributed by atoms with Crippen LogP contribution in [0.15, 0.2) is 35.7 Å². The lowest BCUT2D eigenvalue weighted by Gasteiger charge is -2.20. The molecule has 1 aromatic heterocycles. The highest BCUT2D eigenvalue weighted by Crippen LogP contribution is 2.26. The van der Waals surface area contributed by atoms with Gasteiger partial charge in [0.05, 0.1) is 5.69 Å². The predicted molar refractivity (Wildman–Crippen MR) is 101 cm³/mol. The third-order valence-electron chi connectivity index (χ3n) is 4.19. The third-order valence-corrected chi connectivity index (χ3v) is 4.95. The van der Waals surface area contributed by atoms with Crippen LogP contribution in [0.25, 0.3) is 17.3 Å². The molecule has 7 nitrogen and oxygen atoms in total. The van der Waals surface area contributed by atoms with Gasteiger partial charge in [-0.15, -0.1) is 11.3 Å². The molecule has 0 atom stereocenters. The van der Waals surface area contributed by atoms with Crippen LogP contribution >= 0.6 is 11.3 Å². The van der Waals surface area contributed by atoms with Crippen molar-refractivity contribution in [3.63, 3.8) is 0 Å². The number of rotatable bonds is 5. The van der Waals surface area contributed by atoms with Crippen molar-refractivity contribution in [1.29, 1.82) is 0 Å². The maximum atomic E-state index is 12.3. The number of piperidine rings is 1. The second-order valence-corrected chi connectivity index (χ2v) is 6.84. The highest BCUT2D eigenvalue weighted by molar-refractivity contribution is 7.14. The zero-order chi connectivity index (χ0) is 18.4. The van der Waals surface area contributed by atoms with Crippen LogP contribution in [0.1, 0.15) is 18.4 Å². The summed E-state index contributed by atoms with van der Waals surface area (Å²) in [5, 5.41) is 17.1. The van der Waals surface area contributed by atoms with Crippen molar-refractivity contribution >= 4 is 34.4 Å². The number of nitrogens with zero attached hydrogens (tertiary/aromatic N) is 1. The van der Waals surface area contributed by atoms with Crippen LogP contribution < -0.4 is 16.1 Å². The lowest BCUT2D eigenvalue weighted by atomic mass is 9.97. The highest BCUT2D eigenvalue weighted by Gasteiger charge is 2.21. The summed E-state index contributed by atoms with van der Waals surface area (Å²) in [6.07, 6.45) is 4.55. The fourth-order valence-electron chi connectivity index (χ4n) is 2.73. The molecule has 2 heterocycles. The average molecular weight is 372 g/mol. The Morgan fingerprint density at radius 1 is 1.23 bits per heavy atom. The molecule has 26 heavy (non-hydrogen) atoms. The third kappa shape index (κ3) is 4.75. The lowest BCUT2D eigenvalue weighted by Crippen LogP contribution is -2.34. The van der Waals surface area contributed by atoms with Gasteiger partial charge in [-0.05, 0) is 37.6 Å². The Morgan fingerprint density at radius 2 is 1.96 bits per heavy atom. The topological polar surface area (TPSA) is 103 Å². The van der Waals surface area contributed by atoms with E-state index in [9.17, 15) is 9.59 Å². The number of amides is 2. The Bertz CT molecular complexity index is 795. The minimum Gasteiger partial charge on any atom is -0.317 e. The Kier molecular flexibility index (Phi) is 6.11. The quantitative estimate of drug-likeness (QED) is 0.366. The van der Waals surface area contributed by atoms with Crippen molar-refractivity contribution in [2.75, 3.05) is 18.4 Å². The molecule has 4 N–H and O–H groups in total. The van der Waals surface area contributed by atoms with E-state index in [0.717, 1.165) is 42.8 Å². The molecule has 1 saturated heterocycles. The molecule has 1 fully saturated rings. The minimum absolute atomic E-state index is 0.0371. The van der Waals surface area contributed by atoms with E-state index in [1.807, 2.05) is 29.6 Å². The van der Waals surface area contributed by atoms with Crippen LogP contribution in [-0.4, -0.2) is 35.1 Å². The first kappa shape index (κ1) is 18.2. The minimum atomic E-state index is -0.581. The summed E-state index contributed by atoms with van der Waals surface area (Å²) in [7, 11) is 0. The fourth-order valence-corrected chi connectivity index (χ4v) is 3.45. The SMILES string of the molecule is O=C(C=Cc1ccc(-c2csc(NC(=O)C3CCNCC3)n2)cc1)NO. The van der Waals surface area contributed by atoms with Gasteiger partial charge in [0.1, 0.15) is 0 Å². The van der Waals surface area contributed by atoms with E-state index in [1.54, 1.807) is 11.6 Å². The summed E-state index contributed by atoms with van der Waals surface area (Å²) >= 11 is 1.40. The smallest absolute Gasteiger partial charge is 0.267 e. The Balaban J connectivity index is 1.62. The van der Waals surface area contributed by atoms with Gasteiger partial charge in [-0.1, -0.05) is 24.3 Å². The molecule has 0 aliphatic carbocycles. The maximum Gasteiger partial charge on any atom is 0.267 e. The molecule has 2 aromatic rings. The van der Waals surface area contributed by atoms with Gasteiger partial charge in [-0.25, -0.2) is 10.5 Å². The summed E-state index contributed by atoms with van der Waals surface area (Å²) in [4.78, 5) is 27.8. The molecule has 3 rings (SSSR count). The molecule has 1 aliphatic rings. The van der Waals surface area contributed by atoms with E-state index in [-0.39, 0.29) is 11.8 Å². The molecule has 0 unspecified atom stereocenters. The molecule has 0 saturated carbocycles. The zero-order valence-electron chi connectivity index (χ0n) is 14.1. The summed E-state index contributed by atoms with van der Waals surface area (Å²) < 4.78 is 0. The summed E-state index contributed by atoms with van der Waals surface area (Å²) in [5.41, 5.74) is 4.08. The number of nitrogens with one attached hydrogen (secondary N) is 3. The number of carbonyl (C=O) groups is 2. The van der Waals surface area contributed by atoms with Gasteiger partial charge in [0.25, 0.3) is 5.91 Å². The average Bonchev–Trinajstić information content (AvgIpc) is 3.15. The van der Waals surface area contributed by atoms with Crippen molar-refractivity contribution < 1.29 is 14.8 Å². The second kappa shape index (κ2) is 8.70. The standard InChI is InChI=1S/C18H20N4O3S/c23-16(22-25)6-3-12-1-4-13(5-2-12)15-11-26-18(20-15)21-17(24)14-7-9-19-10-8-14/h1-6,11,14,19,25H,7-10H2,(H,22,23)(H,20,21,24). The number of aromatic nitrogens is 1. The predicted octanol–water partition coefficient (Wildman–Crippen LogP) is 2.27. The van der Waals surface area contributed by atoms with Crippen molar-refractivity contribution in [2.45, 2.75) is 12.8 Å². The number of benzene rings is 1. The maximum absolute atomic E-state index is 12.3. The summed E-state index contributed by atoms with van der Waals surface area (Å²) in [5.74, 6) is -0.497. The number of hydroxylamine groups is 1. The van der Waals surface area contributed by atoms with Gasteiger partial charge < -0.3 is 10.6 Å². The van der Waals surface area contributed by atoms with Gasteiger partial charge >= 0.3 is 0 Å². The van der Waals surface area contributed by atoms with E-state index in [2.05, 4.69) is 15.6 Å². The molecule has 8 heteroatoms. The molecule has 2 amide bonds. The van der Waals surface area contributed by atoms with Crippen molar-refractivity contribution in [2.24, 2.45) is 5.92 Å². The van der Waals surface area contributed by atoms with E-state index in [4.69, 9.17) is 5.21 Å². The number of thiazole rings is 1. The van der Waals surface area contributed by atoms with E-state index < -0.39 is 5.91 Å². The van der Waals surface area contributed by atoms with E-state index in [0.29, 0.717) is 5.13 Å². The molecular formula is C18H20N4O3S. The second-order valence-electron chi connectivity index (χ2n) is 5.98. The largest absolute Gasteiger partial charge is 0.317 e. The van der Waals surface area contributed by atoms with Gasteiger partial charge in [0.2, 0.25) is 5.91 Å². The Labute approximate surface area is 155 Å². The molecule has 0 bridgehead atoms. The normalized spacial score (nSPS) is 15.1. The lowest BCUT2D eigenvalue weighted by molar-refractivity contribution is -0.124. The number of hydrogen-bond acceptors (Lipinski definition) is 6. The zero-order valence-corrected chi connectivity index (χ0v) is 14.9. The number of hydrogen-bond donors (Lipinski definition) is 4. The first-order chi connectivity index (χ1) is 12.7. The van der Waals surface area contributed by atoms with Crippen LogP contribution in [0.4, 0.5) is 5.13 Å². The van der Waals surface area contributed by atoms with Crippen molar-refractivity contribution in [3.05, 3.63) is 41.3 Å². The van der Waals surface area contributed by atoms with Crippen LogP contribution in [0.3, 0.4) is 0 Å². The van der Waals surface area contributed by atoms with E-state index >= 15 is 0 Å². The Hall–Kier alpha value is -2.55. The van der Waals surface area contributed by atoms with Crippen molar-refractivity contribution in [1.82, 2.24) is 15.8 Å². The molecular weight excluding hydrogens is 352 g/mol. The highest BCUT2D eigenvalue weighted by atomic mass is 32.1. The fraction of sp³-hybridized carbons (Fsp3) is 0.278. The van der Waals surface area contributed by atoms with Crippen LogP contribution in [0.5, 0.6) is 0 Å². The molecule has 0 radical (unpaired) electrons. The number of anilines is 1. The van der Waals surface area contributed by atoms with Gasteiger partial charge in [0.15, 0.2) is 5.13 Å². The summed E-state index contributed by atoms with van der Waals surface area (Å²) in [6.45, 7) is 1.75. The van der Waals surface area contributed by atoms with Crippen molar-refractivity contribution in [3.8, 4) is 11.3 Å². The van der Waals surface area contributed by atoms with Gasteiger partial charge in [0, 0.05) is 22.9 Å². The van der Waals surface area contributed by atoms with Gasteiger partial charge in [-0.2, -0.15) is 0 Å².